The molecule has 7 nitrogen and oxygen atoms in total. The molecule has 0 unspecified atom stereocenters. The Morgan fingerprint density at radius 1 is 1.00 bits per heavy atom. The summed E-state index contributed by atoms with van der Waals surface area (Å²) in [5, 5.41) is 0. The van der Waals surface area contributed by atoms with E-state index in [2.05, 4.69) is 0 Å². The first kappa shape index (κ1) is 21.2. The van der Waals surface area contributed by atoms with E-state index in [4.69, 9.17) is 18.9 Å². The summed E-state index contributed by atoms with van der Waals surface area (Å²) in [5.41, 5.74) is -0.918. The molecule has 0 bridgehead atoms. The Morgan fingerprint density at radius 3 is 2.15 bits per heavy atom. The lowest BCUT2D eigenvalue weighted by molar-refractivity contribution is -0.216. The van der Waals surface area contributed by atoms with E-state index in [1.54, 1.807) is 24.3 Å². The quantitative estimate of drug-likeness (QED) is 0.531. The van der Waals surface area contributed by atoms with E-state index in [0.29, 0.717) is 0 Å². The van der Waals surface area contributed by atoms with Crippen LogP contribution in [0.2, 0.25) is 0 Å². The minimum absolute atomic E-state index is 0.299. The van der Waals surface area contributed by atoms with Crippen molar-refractivity contribution in [2.24, 2.45) is 0 Å². The molecule has 1 aromatic carbocycles. The Morgan fingerprint density at radius 2 is 1.59 bits per heavy atom. The Bertz CT molecular complexity index is 667. The normalized spacial score (nSPS) is 27.5. The molecular formula is C18H21FO7S. The number of rotatable bonds is 6. The van der Waals surface area contributed by atoms with Gasteiger partial charge in [0.25, 0.3) is 0 Å². The minimum Gasteiger partial charge on any atom is -0.463 e. The van der Waals surface area contributed by atoms with Crippen molar-refractivity contribution in [3.05, 3.63) is 30.3 Å². The summed E-state index contributed by atoms with van der Waals surface area (Å²) in [6.07, 6.45) is -5.57. The monoisotopic (exact) mass is 400 g/mol. The number of thioether (sulfide) groups is 1. The summed E-state index contributed by atoms with van der Waals surface area (Å²) in [6, 6.07) is 9.03. The molecule has 0 N–H and O–H groups in total. The average molecular weight is 400 g/mol. The van der Waals surface area contributed by atoms with Gasteiger partial charge in [-0.15, -0.1) is 0 Å². The van der Waals surface area contributed by atoms with Crippen molar-refractivity contribution >= 4 is 29.7 Å². The van der Waals surface area contributed by atoms with Crippen LogP contribution in [0.25, 0.3) is 0 Å². The van der Waals surface area contributed by atoms with Gasteiger partial charge in [-0.1, -0.05) is 30.0 Å². The summed E-state index contributed by atoms with van der Waals surface area (Å²) >= 11 is 1.16. The molecule has 1 saturated heterocycles. The van der Waals surface area contributed by atoms with Gasteiger partial charge in [0.2, 0.25) is 0 Å². The highest BCUT2D eigenvalue weighted by Crippen LogP contribution is 2.37. The van der Waals surface area contributed by atoms with Crippen LogP contribution in [0.15, 0.2) is 35.2 Å². The number of carbonyl (C=O) groups excluding carboxylic acids is 3. The van der Waals surface area contributed by atoms with Gasteiger partial charge in [-0.3, -0.25) is 14.4 Å². The van der Waals surface area contributed by atoms with Gasteiger partial charge >= 0.3 is 17.9 Å². The van der Waals surface area contributed by atoms with E-state index in [0.717, 1.165) is 30.5 Å². The highest BCUT2D eigenvalue weighted by molar-refractivity contribution is 7.99. The number of benzene rings is 1. The van der Waals surface area contributed by atoms with Crippen LogP contribution in [0, 0.1) is 0 Å². The molecule has 27 heavy (non-hydrogen) atoms. The molecule has 148 valence electrons. The maximum atomic E-state index is 15.2. The molecule has 0 spiro atoms. The van der Waals surface area contributed by atoms with Crippen LogP contribution < -0.4 is 0 Å². The van der Waals surface area contributed by atoms with Gasteiger partial charge < -0.3 is 18.9 Å². The van der Waals surface area contributed by atoms with E-state index in [9.17, 15) is 14.4 Å². The Hall–Kier alpha value is -2.13. The van der Waals surface area contributed by atoms with Crippen molar-refractivity contribution < 1.29 is 37.7 Å². The number of hydrogen-bond donors (Lipinski definition) is 0. The van der Waals surface area contributed by atoms with Crippen molar-refractivity contribution in [1.29, 1.82) is 0 Å². The van der Waals surface area contributed by atoms with E-state index in [1.807, 2.05) is 6.07 Å². The fraction of sp³-hybridized carbons (Fsp3) is 0.500. The molecule has 1 heterocycles. The Kier molecular flexibility index (Phi) is 7.61. The van der Waals surface area contributed by atoms with E-state index in [-0.39, 0.29) is 6.61 Å². The van der Waals surface area contributed by atoms with Gasteiger partial charge in [0, 0.05) is 25.7 Å². The van der Waals surface area contributed by atoms with Crippen LogP contribution in [0.3, 0.4) is 0 Å². The summed E-state index contributed by atoms with van der Waals surface area (Å²) in [7, 11) is 0. The predicted octanol–water partition coefficient (Wildman–Crippen LogP) is 2.27. The lowest BCUT2D eigenvalue weighted by Gasteiger charge is -2.41. The number of carbonyl (C=O) groups is 3. The van der Waals surface area contributed by atoms with Gasteiger partial charge in [-0.05, 0) is 12.1 Å². The summed E-state index contributed by atoms with van der Waals surface area (Å²) in [4.78, 5) is 34.7. The second-order valence-electron chi connectivity index (χ2n) is 5.87. The van der Waals surface area contributed by atoms with E-state index >= 15 is 4.39 Å². The van der Waals surface area contributed by atoms with Crippen LogP contribution >= 0.6 is 11.8 Å². The Labute approximate surface area is 160 Å². The molecule has 1 fully saturated rings. The zero-order chi connectivity index (χ0) is 20.0. The lowest BCUT2D eigenvalue weighted by Crippen LogP contribution is -2.58. The average Bonchev–Trinajstić information content (AvgIpc) is 2.59. The van der Waals surface area contributed by atoms with Crippen LogP contribution in [0.4, 0.5) is 4.39 Å². The van der Waals surface area contributed by atoms with Crippen LogP contribution in [0.1, 0.15) is 20.8 Å². The molecule has 0 aliphatic carbocycles. The first-order valence-electron chi connectivity index (χ1n) is 8.27. The van der Waals surface area contributed by atoms with Crippen LogP contribution in [-0.4, -0.2) is 54.4 Å². The maximum Gasteiger partial charge on any atom is 0.303 e. The van der Waals surface area contributed by atoms with Gasteiger partial charge in [0.05, 0.1) is 0 Å². The van der Waals surface area contributed by atoms with E-state index in [1.165, 1.54) is 6.92 Å². The molecule has 9 heteroatoms. The molecule has 2 rings (SSSR count). The van der Waals surface area contributed by atoms with Crippen molar-refractivity contribution in [2.45, 2.75) is 55.6 Å². The van der Waals surface area contributed by atoms with Crippen LogP contribution in [0.5, 0.6) is 0 Å². The maximum absolute atomic E-state index is 15.2. The van der Waals surface area contributed by atoms with Crippen LogP contribution in [-0.2, 0) is 33.3 Å². The van der Waals surface area contributed by atoms with Gasteiger partial charge in [0.1, 0.15) is 18.1 Å². The lowest BCUT2D eigenvalue weighted by atomic mass is 10.0. The largest absolute Gasteiger partial charge is 0.463 e. The highest BCUT2D eigenvalue weighted by Gasteiger charge is 2.51. The molecule has 0 aromatic heterocycles. The molecular weight excluding hydrogens is 379 g/mol. The third-order valence-electron chi connectivity index (χ3n) is 3.62. The summed E-state index contributed by atoms with van der Waals surface area (Å²) in [6.45, 7) is 3.19. The molecule has 0 saturated carbocycles. The second-order valence-corrected chi connectivity index (χ2v) is 7.04. The molecule has 1 aromatic rings. The first-order chi connectivity index (χ1) is 12.8. The first-order valence-corrected chi connectivity index (χ1v) is 9.15. The second kappa shape index (κ2) is 9.70. The topological polar surface area (TPSA) is 88.1 Å². The highest BCUT2D eigenvalue weighted by atomic mass is 32.2. The van der Waals surface area contributed by atoms with E-state index < -0.39 is 47.8 Å². The number of halogens is 1. The summed E-state index contributed by atoms with van der Waals surface area (Å²) in [5.74, 6) is -2.00. The van der Waals surface area contributed by atoms with Gasteiger partial charge in [0.15, 0.2) is 18.4 Å². The van der Waals surface area contributed by atoms with Crippen molar-refractivity contribution in [3.63, 3.8) is 0 Å². The van der Waals surface area contributed by atoms with Gasteiger partial charge in [-0.25, -0.2) is 4.39 Å². The molecule has 0 amide bonds. The number of hydrogen-bond acceptors (Lipinski definition) is 8. The fourth-order valence-electron chi connectivity index (χ4n) is 2.58. The number of alkyl halides is 1. The zero-order valence-electron chi connectivity index (χ0n) is 15.1. The molecule has 0 radical (unpaired) electrons. The minimum atomic E-state index is -1.85. The fourth-order valence-corrected chi connectivity index (χ4v) is 3.70. The van der Waals surface area contributed by atoms with Crippen molar-refractivity contribution in [2.75, 3.05) is 6.61 Å². The third kappa shape index (κ3) is 6.21. The van der Waals surface area contributed by atoms with Crippen molar-refractivity contribution in [1.82, 2.24) is 0 Å². The Balaban J connectivity index is 2.27. The predicted molar refractivity (Wildman–Crippen MR) is 93.6 cm³/mol. The summed E-state index contributed by atoms with van der Waals surface area (Å²) < 4.78 is 36.1. The number of esters is 3. The zero-order valence-corrected chi connectivity index (χ0v) is 15.9. The smallest absolute Gasteiger partial charge is 0.303 e. The molecule has 5 atom stereocenters. The number of ether oxygens (including phenoxy) is 4. The molecule has 1 aliphatic rings. The third-order valence-corrected chi connectivity index (χ3v) is 4.78. The van der Waals surface area contributed by atoms with Gasteiger partial charge in [-0.2, -0.15) is 0 Å². The van der Waals surface area contributed by atoms with Crippen molar-refractivity contribution in [3.8, 4) is 0 Å². The standard InChI is InChI=1S/C18H21FO7S/c1-10(20)23-9-14-16(24-11(2)21)15(19)17(25-12(3)22)18(26-14)27-13-7-5-4-6-8-13/h4-8,14-18H,9H2,1-3H3/t14-,15+,16-,17-,18+/m1/s1. The SMILES string of the molecule is CC(=O)OC[C@H]1O[C@@H](Sc2ccccc2)[C@H](OC(C)=O)[C@@H](F)[C@@H]1OC(C)=O. The molecule has 1 aliphatic heterocycles.